The fourth-order valence-electron chi connectivity index (χ4n) is 2.09. The van der Waals surface area contributed by atoms with E-state index in [-0.39, 0.29) is 18.3 Å². The van der Waals surface area contributed by atoms with E-state index < -0.39 is 5.97 Å². The van der Waals surface area contributed by atoms with Gasteiger partial charge in [-0.2, -0.15) is 0 Å². The summed E-state index contributed by atoms with van der Waals surface area (Å²) in [6.45, 7) is 4.25. The Morgan fingerprint density at radius 2 is 2.05 bits per heavy atom. The molecule has 4 heteroatoms. The Bertz CT molecular complexity index is 335. The lowest BCUT2D eigenvalue weighted by molar-refractivity contribution is -0.145. The summed E-state index contributed by atoms with van der Waals surface area (Å²) in [6, 6.07) is 0. The van der Waals surface area contributed by atoms with Gasteiger partial charge in [0, 0.05) is 6.42 Å². The second kappa shape index (κ2) is 9.70. The molecule has 0 bridgehead atoms. The van der Waals surface area contributed by atoms with Gasteiger partial charge in [0.2, 0.25) is 0 Å². The third-order valence-corrected chi connectivity index (χ3v) is 3.28. The monoisotopic (exact) mass is 282 g/mol. The van der Waals surface area contributed by atoms with E-state index in [1.165, 1.54) is 19.3 Å². The minimum absolute atomic E-state index is 0.0655. The molecule has 0 radical (unpaired) electrons. The van der Waals surface area contributed by atoms with Crippen molar-refractivity contribution in [1.29, 1.82) is 0 Å². The first-order chi connectivity index (χ1) is 9.67. The van der Waals surface area contributed by atoms with Crippen LogP contribution in [-0.2, 0) is 19.1 Å². The van der Waals surface area contributed by atoms with E-state index in [4.69, 9.17) is 9.47 Å². The van der Waals surface area contributed by atoms with Crippen molar-refractivity contribution in [3.63, 3.8) is 0 Å². The minimum Gasteiger partial charge on any atom is -0.466 e. The van der Waals surface area contributed by atoms with Crippen LogP contribution in [0, 0.1) is 0 Å². The van der Waals surface area contributed by atoms with Crippen LogP contribution in [0.1, 0.15) is 58.8 Å². The van der Waals surface area contributed by atoms with E-state index in [2.05, 4.69) is 6.92 Å². The highest BCUT2D eigenvalue weighted by molar-refractivity contribution is 5.95. The van der Waals surface area contributed by atoms with Gasteiger partial charge in [0.05, 0.1) is 12.7 Å². The van der Waals surface area contributed by atoms with Crippen LogP contribution < -0.4 is 0 Å². The van der Waals surface area contributed by atoms with Crippen LogP contribution in [0.2, 0.25) is 0 Å². The molecule has 0 amide bonds. The van der Waals surface area contributed by atoms with Crippen molar-refractivity contribution in [2.75, 3.05) is 6.61 Å². The van der Waals surface area contributed by atoms with E-state index in [1.807, 2.05) is 12.2 Å². The Labute approximate surface area is 121 Å². The molecule has 1 aliphatic rings. The molecule has 4 nitrogen and oxygen atoms in total. The van der Waals surface area contributed by atoms with E-state index in [1.54, 1.807) is 6.92 Å². The van der Waals surface area contributed by atoms with Crippen LogP contribution in [0.3, 0.4) is 0 Å². The number of ketones is 1. The molecule has 114 valence electrons. The van der Waals surface area contributed by atoms with Crippen molar-refractivity contribution >= 4 is 11.8 Å². The molecule has 2 unspecified atom stereocenters. The summed E-state index contributed by atoms with van der Waals surface area (Å²) in [6.07, 6.45) is 10.4. The summed E-state index contributed by atoms with van der Waals surface area (Å²) in [5, 5.41) is 0. The number of epoxide rings is 1. The third kappa shape index (κ3) is 7.43. The summed E-state index contributed by atoms with van der Waals surface area (Å²) < 4.78 is 10.3. The molecule has 1 fully saturated rings. The van der Waals surface area contributed by atoms with Gasteiger partial charge in [-0.1, -0.05) is 38.3 Å². The zero-order valence-electron chi connectivity index (χ0n) is 12.6. The first-order valence-corrected chi connectivity index (χ1v) is 7.66. The topological polar surface area (TPSA) is 55.9 Å². The molecule has 1 rings (SSSR count). The van der Waals surface area contributed by atoms with Crippen LogP contribution in [0.4, 0.5) is 0 Å². The predicted molar refractivity (Wildman–Crippen MR) is 77.4 cm³/mol. The lowest BCUT2D eigenvalue weighted by atomic mass is 10.1. The largest absolute Gasteiger partial charge is 0.466 e. The highest BCUT2D eigenvalue weighted by atomic mass is 16.6. The molecule has 0 spiro atoms. The van der Waals surface area contributed by atoms with Gasteiger partial charge in [0.15, 0.2) is 0 Å². The number of allylic oxidation sites excluding steroid dienone is 1. The number of unbranched alkanes of at least 4 members (excludes halogenated alkanes) is 2. The number of carbonyl (C=O) groups excluding carboxylic acids is 2. The summed E-state index contributed by atoms with van der Waals surface area (Å²) in [5.74, 6) is -0.493. The number of Topliss-reactive ketones (excluding diaryl/α,β-unsaturated/α-hetero) is 1. The van der Waals surface area contributed by atoms with Crippen molar-refractivity contribution in [3.8, 4) is 0 Å². The maximum absolute atomic E-state index is 11.5. The fraction of sp³-hybridized carbons (Fsp3) is 0.750. The number of hydrogen-bond acceptors (Lipinski definition) is 4. The van der Waals surface area contributed by atoms with Crippen LogP contribution in [0.25, 0.3) is 0 Å². The van der Waals surface area contributed by atoms with Crippen LogP contribution >= 0.6 is 0 Å². The minimum atomic E-state index is -0.428. The highest BCUT2D eigenvalue weighted by Crippen LogP contribution is 2.28. The van der Waals surface area contributed by atoms with Gasteiger partial charge in [-0.15, -0.1) is 0 Å². The lowest BCUT2D eigenvalue weighted by Crippen LogP contribution is -2.10. The van der Waals surface area contributed by atoms with Gasteiger partial charge in [0.25, 0.3) is 0 Å². The number of ether oxygens (including phenoxy) is 2. The van der Waals surface area contributed by atoms with Crippen LogP contribution in [0.15, 0.2) is 12.2 Å². The van der Waals surface area contributed by atoms with Gasteiger partial charge in [-0.25, -0.2) is 0 Å². The van der Waals surface area contributed by atoms with Gasteiger partial charge < -0.3 is 9.47 Å². The van der Waals surface area contributed by atoms with Crippen molar-refractivity contribution in [3.05, 3.63) is 12.2 Å². The normalized spacial score (nSPS) is 21.1. The van der Waals surface area contributed by atoms with Gasteiger partial charge in [0.1, 0.15) is 18.3 Å². The zero-order valence-corrected chi connectivity index (χ0v) is 12.6. The van der Waals surface area contributed by atoms with Crippen molar-refractivity contribution in [1.82, 2.24) is 0 Å². The Hall–Kier alpha value is -1.16. The maximum atomic E-state index is 11.5. The lowest BCUT2D eigenvalue weighted by Gasteiger charge is -1.99. The molecule has 0 aromatic heterocycles. The Morgan fingerprint density at radius 3 is 2.75 bits per heavy atom. The van der Waals surface area contributed by atoms with E-state index in [0.29, 0.717) is 25.6 Å². The summed E-state index contributed by atoms with van der Waals surface area (Å²) in [4.78, 5) is 22.6. The summed E-state index contributed by atoms with van der Waals surface area (Å²) >= 11 is 0. The number of hydrogen-bond donors (Lipinski definition) is 0. The fourth-order valence-corrected chi connectivity index (χ4v) is 2.09. The zero-order chi connectivity index (χ0) is 14.8. The predicted octanol–water partition coefficient (Wildman–Crippen LogP) is 3.19. The molecule has 1 heterocycles. The standard InChI is InChI=1S/C16H26O4/c1-3-5-6-10-14-15(20-14)11-8-7-9-13(17)12-16(18)19-4-2/h8,11,14-15H,3-7,9-10,12H2,1-2H3/b11-8-. The van der Waals surface area contributed by atoms with E-state index >= 15 is 0 Å². The van der Waals surface area contributed by atoms with Crippen molar-refractivity contribution in [2.45, 2.75) is 71.0 Å². The molecule has 0 saturated carbocycles. The first kappa shape index (κ1) is 16.9. The second-order valence-corrected chi connectivity index (χ2v) is 5.12. The molecule has 1 aliphatic heterocycles. The Morgan fingerprint density at radius 1 is 1.25 bits per heavy atom. The van der Waals surface area contributed by atoms with Crippen LogP contribution in [0.5, 0.6) is 0 Å². The molecule has 0 aliphatic carbocycles. The molecule has 0 aromatic rings. The Balaban J connectivity index is 2.02. The van der Waals surface area contributed by atoms with E-state index in [9.17, 15) is 9.59 Å². The molecular weight excluding hydrogens is 256 g/mol. The SMILES string of the molecule is CCCCCC1OC1/C=C\CCC(=O)CC(=O)OCC. The number of carbonyl (C=O) groups is 2. The average Bonchev–Trinajstić information content (AvgIpc) is 3.14. The highest BCUT2D eigenvalue weighted by Gasteiger charge is 2.35. The molecule has 2 atom stereocenters. The second-order valence-electron chi connectivity index (χ2n) is 5.12. The van der Waals surface area contributed by atoms with Gasteiger partial charge in [-0.3, -0.25) is 9.59 Å². The molecule has 1 saturated heterocycles. The Kier molecular flexibility index (Phi) is 8.19. The summed E-state index contributed by atoms with van der Waals surface area (Å²) in [5.41, 5.74) is 0. The number of rotatable bonds is 11. The van der Waals surface area contributed by atoms with Crippen LogP contribution in [-0.4, -0.2) is 30.6 Å². The molecular formula is C16H26O4. The quantitative estimate of drug-likeness (QED) is 0.192. The average molecular weight is 282 g/mol. The molecule has 0 N–H and O–H groups in total. The maximum Gasteiger partial charge on any atom is 0.313 e. The number of esters is 1. The first-order valence-electron chi connectivity index (χ1n) is 7.66. The van der Waals surface area contributed by atoms with Crippen molar-refractivity contribution in [2.24, 2.45) is 0 Å². The van der Waals surface area contributed by atoms with Crippen molar-refractivity contribution < 1.29 is 19.1 Å². The third-order valence-electron chi connectivity index (χ3n) is 3.28. The molecule has 0 aromatic carbocycles. The van der Waals surface area contributed by atoms with Gasteiger partial charge >= 0.3 is 5.97 Å². The van der Waals surface area contributed by atoms with E-state index in [0.717, 1.165) is 6.42 Å². The van der Waals surface area contributed by atoms with Gasteiger partial charge in [-0.05, 0) is 19.8 Å². The smallest absolute Gasteiger partial charge is 0.313 e. The summed E-state index contributed by atoms with van der Waals surface area (Å²) in [7, 11) is 0. The molecule has 20 heavy (non-hydrogen) atoms.